The maximum atomic E-state index is 14.4. The summed E-state index contributed by atoms with van der Waals surface area (Å²) >= 11 is 0. The van der Waals surface area contributed by atoms with Crippen molar-refractivity contribution < 1.29 is 39.9 Å². The number of allylic oxidation sites excluding steroid dienone is 1. The number of hydrogen-bond donors (Lipinski definition) is 1. The Morgan fingerprint density at radius 3 is 2.00 bits per heavy atom. The highest BCUT2D eigenvalue weighted by Crippen LogP contribution is 2.49. The third kappa shape index (κ3) is 5.92. The fraction of sp³-hybridized carbons (Fsp3) is 0.529. The van der Waals surface area contributed by atoms with Gasteiger partial charge in [0.25, 0.3) is 0 Å². The van der Waals surface area contributed by atoms with Crippen LogP contribution >= 0.6 is 0 Å². The third-order valence-electron chi connectivity index (χ3n) is 3.79. The van der Waals surface area contributed by atoms with Crippen molar-refractivity contribution >= 4 is 11.0 Å². The van der Waals surface area contributed by atoms with Crippen molar-refractivity contribution in [3.8, 4) is 0 Å². The number of halogens is 7. The maximum absolute atomic E-state index is 14.4. The molecule has 0 saturated carbocycles. The minimum atomic E-state index is -6.63. The molecule has 13 heteroatoms. The van der Waals surface area contributed by atoms with E-state index in [-0.39, 0.29) is 11.6 Å². The van der Waals surface area contributed by atoms with Gasteiger partial charge in [-0.25, -0.2) is 4.21 Å². The molecule has 2 atom stereocenters. The van der Waals surface area contributed by atoms with Crippen LogP contribution < -0.4 is 4.72 Å². The molecule has 5 nitrogen and oxygen atoms in total. The lowest BCUT2D eigenvalue weighted by molar-refractivity contribution is -0.481. The third-order valence-corrected chi connectivity index (χ3v) is 5.31. The molecular weight excluding hydrogens is 445 g/mol. The quantitative estimate of drug-likeness (QED) is 0.341. The van der Waals surface area contributed by atoms with Crippen LogP contribution in [0.25, 0.3) is 0 Å². The van der Waals surface area contributed by atoms with Crippen LogP contribution in [0.15, 0.2) is 42.1 Å². The lowest BCUT2D eigenvalue weighted by atomic mass is 9.95. The molecule has 1 aromatic rings. The zero-order chi connectivity index (χ0) is 23.5. The van der Waals surface area contributed by atoms with E-state index in [1.807, 2.05) is 0 Å². The van der Waals surface area contributed by atoms with Crippen LogP contribution in [-0.2, 0) is 11.0 Å². The second kappa shape index (κ2) is 8.90. The van der Waals surface area contributed by atoms with Gasteiger partial charge in [-0.15, -0.1) is 0 Å². The first-order valence-electron chi connectivity index (χ1n) is 8.31. The highest BCUT2D eigenvalue weighted by atomic mass is 32.2. The number of hydrogen-bond acceptors (Lipinski definition) is 3. The van der Waals surface area contributed by atoms with Gasteiger partial charge in [-0.3, -0.25) is 10.1 Å². The van der Waals surface area contributed by atoms with E-state index in [2.05, 4.69) is 0 Å². The molecule has 1 N–H and O–H groups in total. The fourth-order valence-corrected chi connectivity index (χ4v) is 2.82. The van der Waals surface area contributed by atoms with E-state index in [1.54, 1.807) is 0 Å². The van der Waals surface area contributed by atoms with Crippen LogP contribution in [0.3, 0.4) is 0 Å². The molecule has 0 aromatic heterocycles. The number of nitrogens with one attached hydrogen (secondary N) is 1. The van der Waals surface area contributed by atoms with Gasteiger partial charge in [0.2, 0.25) is 6.54 Å². The van der Waals surface area contributed by atoms with Crippen LogP contribution in [0.5, 0.6) is 0 Å². The van der Waals surface area contributed by atoms with Crippen molar-refractivity contribution in [2.75, 3.05) is 6.54 Å². The van der Waals surface area contributed by atoms with Crippen molar-refractivity contribution in [2.24, 2.45) is 0 Å². The zero-order valence-corrected chi connectivity index (χ0v) is 16.8. The lowest BCUT2D eigenvalue weighted by Gasteiger charge is -2.32. The fourth-order valence-electron chi connectivity index (χ4n) is 2.12. The Balaban J connectivity index is 3.65. The number of alkyl halides is 7. The normalized spacial score (nSPS) is 16.1. The molecule has 30 heavy (non-hydrogen) atoms. The van der Waals surface area contributed by atoms with Gasteiger partial charge in [0.05, 0.1) is 16.4 Å². The Hall–Kier alpha value is -2.18. The Morgan fingerprint density at radius 2 is 1.60 bits per heavy atom. The number of nitrogens with zero attached hydrogens (tertiary/aromatic N) is 1. The van der Waals surface area contributed by atoms with E-state index >= 15 is 0 Å². The summed E-state index contributed by atoms with van der Waals surface area (Å²) in [5, 5.41) is 10.9. The molecule has 0 aliphatic rings. The summed E-state index contributed by atoms with van der Waals surface area (Å²) in [5.74, 6) is -14.0. The summed E-state index contributed by atoms with van der Waals surface area (Å²) in [7, 11) is -2.53. The van der Waals surface area contributed by atoms with Gasteiger partial charge in [0.15, 0.2) is 0 Å². The molecule has 0 fully saturated rings. The van der Waals surface area contributed by atoms with Gasteiger partial charge < -0.3 is 4.72 Å². The standard InChI is InChI=1S/C17H19F7N2O3S/c1-14(2,3)30(29)25-13(15(18,19)16(20,21)17(22,23)24)9-12(10-26(27)28)11-7-5-4-6-8-11/h4-9,12,25H,10H2,1-3H3/b13-9-. The first-order chi connectivity index (χ1) is 13.4. The lowest BCUT2D eigenvalue weighted by Crippen LogP contribution is -2.56. The molecule has 0 bridgehead atoms. The molecule has 0 spiro atoms. The Kier molecular flexibility index (Phi) is 7.67. The van der Waals surface area contributed by atoms with Crippen molar-refractivity contribution in [2.45, 2.75) is 49.5 Å². The minimum absolute atomic E-state index is 0.0150. The van der Waals surface area contributed by atoms with Gasteiger partial charge in [-0.05, 0) is 32.4 Å². The molecular formula is C17H19F7N2O3S. The molecule has 1 aromatic carbocycles. The molecule has 0 heterocycles. The van der Waals surface area contributed by atoms with Crippen LogP contribution in [-0.4, -0.2) is 38.4 Å². The van der Waals surface area contributed by atoms with Crippen LogP contribution in [0.2, 0.25) is 0 Å². The van der Waals surface area contributed by atoms with Gasteiger partial charge in [0, 0.05) is 4.92 Å². The minimum Gasteiger partial charge on any atom is -0.303 e. The average Bonchev–Trinajstić information content (AvgIpc) is 2.58. The Labute approximate surface area is 170 Å². The van der Waals surface area contributed by atoms with E-state index in [0.29, 0.717) is 0 Å². The molecule has 1 rings (SSSR count). The summed E-state index contributed by atoms with van der Waals surface area (Å²) in [6.07, 6.45) is -6.44. The number of nitro groups is 1. The van der Waals surface area contributed by atoms with Crippen LogP contribution in [0.4, 0.5) is 30.7 Å². The second-order valence-electron chi connectivity index (χ2n) is 7.24. The topological polar surface area (TPSA) is 72.2 Å². The van der Waals surface area contributed by atoms with Crippen LogP contribution in [0, 0.1) is 10.1 Å². The molecule has 0 aliphatic carbocycles. The summed E-state index contributed by atoms with van der Waals surface area (Å²) in [6.45, 7) is 2.71. The second-order valence-corrected chi connectivity index (χ2v) is 9.21. The molecule has 0 aliphatic heterocycles. The Morgan fingerprint density at radius 1 is 1.10 bits per heavy atom. The van der Waals surface area contributed by atoms with E-state index in [0.717, 1.165) is 0 Å². The SMILES string of the molecule is CC(C)(C)S(=O)N/C(=C\C(C[N+](=O)[O-])c1ccccc1)C(F)(F)C(F)(F)C(F)(F)F. The zero-order valence-electron chi connectivity index (χ0n) is 16.0. The van der Waals surface area contributed by atoms with Gasteiger partial charge in [0.1, 0.15) is 11.0 Å². The van der Waals surface area contributed by atoms with E-state index < -0.39 is 56.8 Å². The molecule has 2 unspecified atom stereocenters. The summed E-state index contributed by atoms with van der Waals surface area (Å²) in [4.78, 5) is 9.99. The average molecular weight is 464 g/mol. The monoisotopic (exact) mass is 464 g/mol. The van der Waals surface area contributed by atoms with E-state index in [1.165, 1.54) is 55.8 Å². The number of benzene rings is 1. The largest absolute Gasteiger partial charge is 0.460 e. The van der Waals surface area contributed by atoms with Crippen molar-refractivity contribution in [3.63, 3.8) is 0 Å². The van der Waals surface area contributed by atoms with Crippen molar-refractivity contribution in [1.29, 1.82) is 0 Å². The summed E-state index contributed by atoms with van der Waals surface area (Å²) in [6, 6.07) is 6.74. The molecule has 170 valence electrons. The predicted molar refractivity (Wildman–Crippen MR) is 96.1 cm³/mol. The molecule has 0 saturated heterocycles. The predicted octanol–water partition coefficient (Wildman–Crippen LogP) is 4.82. The van der Waals surface area contributed by atoms with Gasteiger partial charge >= 0.3 is 18.0 Å². The number of rotatable bonds is 8. The summed E-state index contributed by atoms with van der Waals surface area (Å²) < 4.78 is 106. The summed E-state index contributed by atoms with van der Waals surface area (Å²) in [5.41, 5.74) is -2.00. The van der Waals surface area contributed by atoms with E-state index in [4.69, 9.17) is 0 Å². The highest BCUT2D eigenvalue weighted by molar-refractivity contribution is 7.84. The first kappa shape index (κ1) is 25.9. The first-order valence-corrected chi connectivity index (χ1v) is 9.46. The highest BCUT2D eigenvalue weighted by Gasteiger charge is 2.74. The maximum Gasteiger partial charge on any atom is 0.460 e. The van der Waals surface area contributed by atoms with E-state index in [9.17, 15) is 45.1 Å². The van der Waals surface area contributed by atoms with Crippen molar-refractivity contribution in [1.82, 2.24) is 4.72 Å². The smallest absolute Gasteiger partial charge is 0.303 e. The van der Waals surface area contributed by atoms with Crippen molar-refractivity contribution in [3.05, 3.63) is 57.8 Å². The van der Waals surface area contributed by atoms with Gasteiger partial charge in [-0.1, -0.05) is 30.3 Å². The van der Waals surface area contributed by atoms with Crippen LogP contribution in [0.1, 0.15) is 32.3 Å². The molecule has 0 radical (unpaired) electrons. The Bertz CT molecular complexity index is 806. The van der Waals surface area contributed by atoms with Gasteiger partial charge in [-0.2, -0.15) is 30.7 Å². The molecule has 0 amide bonds.